The Morgan fingerprint density at radius 1 is 1.15 bits per heavy atom. The van der Waals surface area contributed by atoms with Crippen LogP contribution in [0.25, 0.3) is 0 Å². The lowest BCUT2D eigenvalue weighted by Crippen LogP contribution is -2.52. The van der Waals surface area contributed by atoms with Gasteiger partial charge in [-0.1, -0.05) is 0 Å². The first-order valence-electron chi connectivity index (χ1n) is 8.97. The third kappa shape index (κ3) is 5.31. The van der Waals surface area contributed by atoms with Gasteiger partial charge >= 0.3 is 12.1 Å². The average molecular weight is 385 g/mol. The van der Waals surface area contributed by atoms with Crippen LogP contribution in [0.2, 0.25) is 0 Å². The van der Waals surface area contributed by atoms with Gasteiger partial charge in [-0.3, -0.25) is 9.59 Å². The van der Waals surface area contributed by atoms with Gasteiger partial charge in [0, 0.05) is 19.5 Å². The lowest BCUT2D eigenvalue weighted by Gasteiger charge is -2.30. The summed E-state index contributed by atoms with van der Waals surface area (Å²) in [5.41, 5.74) is -0.693. The molecule has 10 heteroatoms. The summed E-state index contributed by atoms with van der Waals surface area (Å²) >= 11 is 0. The van der Waals surface area contributed by atoms with Crippen LogP contribution >= 0.6 is 0 Å². The molecule has 2 saturated heterocycles. The third-order valence-electron chi connectivity index (χ3n) is 4.49. The van der Waals surface area contributed by atoms with Crippen LogP contribution in [0.1, 0.15) is 40.0 Å². The molecule has 3 amide bonds. The normalized spacial score (nSPS) is 25.4. The Balaban J connectivity index is 1.97. The summed E-state index contributed by atoms with van der Waals surface area (Å²) in [6, 6.07) is -1.88. The molecule has 3 atom stereocenters. The Labute approximate surface area is 157 Å². The summed E-state index contributed by atoms with van der Waals surface area (Å²) in [7, 11) is 0. The molecule has 0 saturated carbocycles. The highest BCUT2D eigenvalue weighted by atomic mass is 16.6. The van der Waals surface area contributed by atoms with E-state index in [1.807, 2.05) is 0 Å². The molecule has 0 aliphatic carbocycles. The Morgan fingerprint density at radius 3 is 2.41 bits per heavy atom. The maximum Gasteiger partial charge on any atom is 0.408 e. The summed E-state index contributed by atoms with van der Waals surface area (Å²) in [5, 5.41) is 21.4. The Hall–Kier alpha value is -2.36. The average Bonchev–Trinajstić information content (AvgIpc) is 3.16. The molecule has 2 heterocycles. The molecule has 2 aliphatic rings. The number of amides is 3. The zero-order valence-corrected chi connectivity index (χ0v) is 15.8. The van der Waals surface area contributed by atoms with Crippen molar-refractivity contribution in [3.05, 3.63) is 0 Å². The summed E-state index contributed by atoms with van der Waals surface area (Å²) in [6.07, 6.45) is -0.637. The van der Waals surface area contributed by atoms with Crippen molar-refractivity contribution in [2.45, 2.75) is 63.8 Å². The van der Waals surface area contributed by atoms with Crippen LogP contribution in [0.3, 0.4) is 0 Å². The summed E-state index contributed by atoms with van der Waals surface area (Å²) in [6.45, 7) is 5.07. The zero-order chi connectivity index (χ0) is 20.4. The van der Waals surface area contributed by atoms with Crippen LogP contribution < -0.4 is 5.32 Å². The van der Waals surface area contributed by atoms with Crippen LogP contribution in [0, 0.1) is 0 Å². The van der Waals surface area contributed by atoms with Gasteiger partial charge in [0.15, 0.2) is 0 Å². The van der Waals surface area contributed by atoms with Gasteiger partial charge < -0.3 is 30.1 Å². The van der Waals surface area contributed by atoms with E-state index < -0.39 is 47.7 Å². The lowest BCUT2D eigenvalue weighted by atomic mass is 10.1. The van der Waals surface area contributed by atoms with Crippen molar-refractivity contribution in [3.63, 3.8) is 0 Å². The highest BCUT2D eigenvalue weighted by Gasteiger charge is 2.44. The van der Waals surface area contributed by atoms with Crippen LogP contribution in [-0.4, -0.2) is 87.3 Å². The quantitative estimate of drug-likeness (QED) is 0.596. The second-order valence-corrected chi connectivity index (χ2v) is 7.83. The maximum atomic E-state index is 12.8. The molecule has 10 nitrogen and oxygen atoms in total. The monoisotopic (exact) mass is 385 g/mol. The molecule has 152 valence electrons. The van der Waals surface area contributed by atoms with Gasteiger partial charge in [-0.2, -0.15) is 0 Å². The molecule has 2 rings (SSSR count). The van der Waals surface area contributed by atoms with Crippen LogP contribution in [0.4, 0.5) is 4.79 Å². The molecule has 0 aromatic heterocycles. The molecule has 3 N–H and O–H groups in total. The first-order chi connectivity index (χ1) is 12.5. The SMILES string of the molecule is CC(C)(C)OC(=O)NCC(=O)N1CCC[C@H]1C(=O)N1C[C@H](O)C[C@H]1C(=O)O. The number of hydrogen-bond acceptors (Lipinski definition) is 6. The number of likely N-dealkylation sites (tertiary alicyclic amines) is 2. The Bertz CT molecular complexity index is 616. The molecule has 0 unspecified atom stereocenters. The van der Waals surface area contributed by atoms with Gasteiger partial charge in [-0.15, -0.1) is 0 Å². The number of β-amino-alcohol motifs (C(OH)–C–C–N with tert-alkyl or cyclic N) is 1. The number of ether oxygens (including phenoxy) is 1. The van der Waals surface area contributed by atoms with E-state index in [-0.39, 0.29) is 19.5 Å². The fourth-order valence-corrected chi connectivity index (χ4v) is 3.37. The van der Waals surface area contributed by atoms with Crippen LogP contribution in [0.5, 0.6) is 0 Å². The fourth-order valence-electron chi connectivity index (χ4n) is 3.37. The Kier molecular flexibility index (Phi) is 6.30. The second-order valence-electron chi connectivity index (χ2n) is 7.83. The van der Waals surface area contributed by atoms with Crippen molar-refractivity contribution in [3.8, 4) is 0 Å². The number of carboxylic acids is 1. The van der Waals surface area contributed by atoms with E-state index in [0.717, 1.165) is 4.90 Å². The topological polar surface area (TPSA) is 136 Å². The predicted molar refractivity (Wildman–Crippen MR) is 92.7 cm³/mol. The highest BCUT2D eigenvalue weighted by molar-refractivity contribution is 5.92. The minimum Gasteiger partial charge on any atom is -0.480 e. The van der Waals surface area contributed by atoms with Crippen LogP contribution in [-0.2, 0) is 19.1 Å². The number of aliphatic carboxylic acids is 1. The van der Waals surface area contributed by atoms with Crippen LogP contribution in [0.15, 0.2) is 0 Å². The Morgan fingerprint density at radius 2 is 1.81 bits per heavy atom. The predicted octanol–water partition coefficient (Wildman–Crippen LogP) is -0.451. The number of rotatable bonds is 4. The molecular weight excluding hydrogens is 358 g/mol. The van der Waals surface area contributed by atoms with Crippen molar-refractivity contribution < 1.29 is 34.1 Å². The number of hydrogen-bond donors (Lipinski definition) is 3. The number of nitrogens with zero attached hydrogens (tertiary/aromatic N) is 2. The van der Waals surface area contributed by atoms with Crippen molar-refractivity contribution in [1.29, 1.82) is 0 Å². The summed E-state index contributed by atoms with van der Waals surface area (Å²) in [4.78, 5) is 50.7. The van der Waals surface area contributed by atoms with Gasteiger partial charge in [0.25, 0.3) is 0 Å². The first kappa shape index (κ1) is 20.9. The molecule has 0 aromatic rings. The van der Waals surface area contributed by atoms with Crippen molar-refractivity contribution in [1.82, 2.24) is 15.1 Å². The third-order valence-corrected chi connectivity index (χ3v) is 4.49. The highest BCUT2D eigenvalue weighted by Crippen LogP contribution is 2.25. The van der Waals surface area contributed by atoms with Gasteiger partial charge in [-0.05, 0) is 33.6 Å². The molecular formula is C17H27N3O7. The summed E-state index contributed by atoms with van der Waals surface area (Å²) in [5.74, 6) is -2.10. The standard InChI is InChI=1S/C17H27N3O7/c1-17(2,3)27-16(26)18-8-13(22)19-6-4-5-11(19)14(23)20-9-10(21)7-12(20)15(24)25/h10-12,21H,4-9H2,1-3H3,(H,18,26)(H,24,25)/t10-,11+,12+/m1/s1. The lowest BCUT2D eigenvalue weighted by molar-refractivity contribution is -0.151. The molecule has 2 aliphatic heterocycles. The number of carbonyl (C=O) groups excluding carboxylic acids is 3. The number of carbonyl (C=O) groups is 4. The van der Waals surface area contributed by atoms with Gasteiger partial charge in [0.2, 0.25) is 11.8 Å². The maximum absolute atomic E-state index is 12.8. The molecule has 0 aromatic carbocycles. The van der Waals surface area contributed by atoms with Gasteiger partial charge in [0.05, 0.1) is 6.10 Å². The summed E-state index contributed by atoms with van der Waals surface area (Å²) < 4.78 is 5.07. The smallest absolute Gasteiger partial charge is 0.408 e. The second kappa shape index (κ2) is 8.12. The number of nitrogens with one attached hydrogen (secondary N) is 1. The van der Waals surface area contributed by atoms with E-state index in [1.54, 1.807) is 20.8 Å². The molecule has 0 spiro atoms. The van der Waals surface area contributed by atoms with Gasteiger partial charge in [-0.25, -0.2) is 9.59 Å². The number of aliphatic hydroxyl groups is 1. The van der Waals surface area contributed by atoms with E-state index in [0.29, 0.717) is 19.4 Å². The number of carboxylic acid groups (broad SMARTS) is 1. The largest absolute Gasteiger partial charge is 0.480 e. The van der Waals surface area contributed by atoms with Gasteiger partial charge in [0.1, 0.15) is 24.2 Å². The van der Waals surface area contributed by atoms with E-state index >= 15 is 0 Å². The number of aliphatic hydroxyl groups excluding tert-OH is 1. The first-order valence-corrected chi connectivity index (χ1v) is 8.97. The van der Waals surface area contributed by atoms with E-state index in [9.17, 15) is 29.4 Å². The van der Waals surface area contributed by atoms with Crippen molar-refractivity contribution in [2.75, 3.05) is 19.6 Å². The fraction of sp³-hybridized carbons (Fsp3) is 0.765. The minimum atomic E-state index is -1.18. The minimum absolute atomic E-state index is 0.0259. The van der Waals surface area contributed by atoms with E-state index in [1.165, 1.54) is 4.90 Å². The number of alkyl carbamates (subject to hydrolysis) is 1. The van der Waals surface area contributed by atoms with Crippen molar-refractivity contribution >= 4 is 23.9 Å². The van der Waals surface area contributed by atoms with Crippen molar-refractivity contribution in [2.24, 2.45) is 0 Å². The zero-order valence-electron chi connectivity index (χ0n) is 15.8. The molecule has 27 heavy (non-hydrogen) atoms. The van der Waals surface area contributed by atoms with E-state index in [4.69, 9.17) is 4.74 Å². The molecule has 2 fully saturated rings. The molecule has 0 radical (unpaired) electrons. The van der Waals surface area contributed by atoms with E-state index in [2.05, 4.69) is 5.32 Å². The molecule has 0 bridgehead atoms.